The third-order valence-corrected chi connectivity index (χ3v) is 2.91. The summed E-state index contributed by atoms with van der Waals surface area (Å²) in [4.78, 5) is 14.9. The van der Waals surface area contributed by atoms with E-state index in [0.29, 0.717) is 30.1 Å². The number of hydrogen-bond donors (Lipinski definition) is 0. The molecule has 1 aliphatic heterocycles. The van der Waals surface area contributed by atoms with Gasteiger partial charge in [0, 0.05) is 19.2 Å². The summed E-state index contributed by atoms with van der Waals surface area (Å²) in [5, 5.41) is 0. The van der Waals surface area contributed by atoms with E-state index in [4.69, 9.17) is 4.74 Å². The van der Waals surface area contributed by atoms with Gasteiger partial charge in [0.15, 0.2) is 5.82 Å². The largest absolute Gasteiger partial charge is 0.378 e. The van der Waals surface area contributed by atoms with Crippen molar-refractivity contribution in [1.29, 1.82) is 0 Å². The second-order valence-corrected chi connectivity index (χ2v) is 4.22. The van der Waals surface area contributed by atoms with Crippen molar-refractivity contribution in [2.24, 2.45) is 0 Å². The average Bonchev–Trinajstić information content (AvgIpc) is 2.38. The molecule has 1 fully saturated rings. The molecule has 3 rings (SSSR count). The minimum atomic E-state index is -0.381. The van der Waals surface area contributed by atoms with Crippen LogP contribution in [0.3, 0.4) is 0 Å². The van der Waals surface area contributed by atoms with E-state index in [1.54, 1.807) is 6.92 Å². The minimum Gasteiger partial charge on any atom is -0.378 e. The number of fused-ring (bicyclic) bond motifs is 1. The first kappa shape index (κ1) is 11.3. The van der Waals surface area contributed by atoms with Crippen LogP contribution >= 0.6 is 0 Å². The summed E-state index contributed by atoms with van der Waals surface area (Å²) < 4.78 is 18.5. The molecular formula is C12H13FN4O. The third-order valence-electron chi connectivity index (χ3n) is 2.91. The zero-order chi connectivity index (χ0) is 12.5. The number of nitrogens with zero attached hydrogens (tertiary/aromatic N) is 4. The molecule has 0 aromatic carbocycles. The smallest absolute Gasteiger partial charge is 0.159 e. The molecule has 3 heterocycles. The quantitative estimate of drug-likeness (QED) is 0.761. The van der Waals surface area contributed by atoms with Gasteiger partial charge in [0.1, 0.15) is 17.2 Å². The normalized spacial score (nSPS) is 16.2. The lowest BCUT2D eigenvalue weighted by Gasteiger charge is -2.28. The van der Waals surface area contributed by atoms with Gasteiger partial charge in [-0.25, -0.2) is 19.3 Å². The van der Waals surface area contributed by atoms with Crippen LogP contribution in [0.2, 0.25) is 0 Å². The number of ether oxygens (including phenoxy) is 1. The highest BCUT2D eigenvalue weighted by Crippen LogP contribution is 2.23. The third kappa shape index (κ3) is 1.99. The summed E-state index contributed by atoms with van der Waals surface area (Å²) in [6.07, 6.45) is 1.20. The van der Waals surface area contributed by atoms with Crippen LogP contribution in [-0.2, 0) is 4.74 Å². The summed E-state index contributed by atoms with van der Waals surface area (Å²) in [6, 6.07) is 1.39. The van der Waals surface area contributed by atoms with E-state index in [2.05, 4.69) is 19.9 Å². The van der Waals surface area contributed by atoms with Crippen molar-refractivity contribution in [3.63, 3.8) is 0 Å². The Morgan fingerprint density at radius 1 is 1.28 bits per heavy atom. The molecule has 0 amide bonds. The number of morpholine rings is 1. The van der Waals surface area contributed by atoms with Gasteiger partial charge in [0.25, 0.3) is 0 Å². The Morgan fingerprint density at radius 3 is 2.83 bits per heavy atom. The predicted octanol–water partition coefficient (Wildman–Crippen LogP) is 1.31. The second-order valence-electron chi connectivity index (χ2n) is 4.22. The second kappa shape index (κ2) is 4.45. The van der Waals surface area contributed by atoms with Crippen molar-refractivity contribution >= 4 is 16.9 Å². The van der Waals surface area contributed by atoms with Gasteiger partial charge >= 0.3 is 0 Å². The molecule has 2 aromatic heterocycles. The predicted molar refractivity (Wildman–Crippen MR) is 65.1 cm³/mol. The van der Waals surface area contributed by atoms with E-state index in [1.807, 2.05) is 0 Å². The van der Waals surface area contributed by atoms with E-state index in [0.717, 1.165) is 18.9 Å². The monoisotopic (exact) mass is 248 g/mol. The molecular weight excluding hydrogens is 235 g/mol. The van der Waals surface area contributed by atoms with E-state index < -0.39 is 0 Å². The molecule has 18 heavy (non-hydrogen) atoms. The minimum absolute atomic E-state index is 0.381. The molecule has 94 valence electrons. The number of hydrogen-bond acceptors (Lipinski definition) is 5. The summed E-state index contributed by atoms with van der Waals surface area (Å²) in [5.74, 6) is 1.01. The Labute approximate surface area is 104 Å². The summed E-state index contributed by atoms with van der Waals surface area (Å²) in [7, 11) is 0. The van der Waals surface area contributed by atoms with Crippen molar-refractivity contribution in [1.82, 2.24) is 15.0 Å². The molecule has 2 aromatic rings. The maximum Gasteiger partial charge on any atom is 0.159 e. The molecule has 0 bridgehead atoms. The van der Waals surface area contributed by atoms with E-state index >= 15 is 0 Å². The Kier molecular flexibility index (Phi) is 2.79. The van der Waals surface area contributed by atoms with Gasteiger partial charge in [-0.1, -0.05) is 0 Å². The molecule has 0 N–H and O–H groups in total. The summed E-state index contributed by atoms with van der Waals surface area (Å²) in [6.45, 7) is 4.68. The standard InChI is InChI=1S/C12H13FN4O/c1-8-15-10-6-9(13)7-14-11(10)12(16-8)17-2-4-18-5-3-17/h6-7H,2-5H2,1H3. The average molecular weight is 248 g/mol. The van der Waals surface area contributed by atoms with Gasteiger partial charge in [-0.15, -0.1) is 0 Å². The molecule has 0 atom stereocenters. The van der Waals surface area contributed by atoms with Crippen LogP contribution in [0.25, 0.3) is 11.0 Å². The fourth-order valence-electron chi connectivity index (χ4n) is 2.09. The van der Waals surface area contributed by atoms with Crippen molar-refractivity contribution in [2.75, 3.05) is 31.2 Å². The van der Waals surface area contributed by atoms with Gasteiger partial charge in [-0.3, -0.25) is 0 Å². The van der Waals surface area contributed by atoms with E-state index in [-0.39, 0.29) is 5.82 Å². The number of aromatic nitrogens is 3. The molecule has 5 nitrogen and oxygen atoms in total. The van der Waals surface area contributed by atoms with Crippen LogP contribution in [0.5, 0.6) is 0 Å². The molecule has 6 heteroatoms. The molecule has 1 saturated heterocycles. The molecule has 0 radical (unpaired) electrons. The Bertz CT molecular complexity index is 578. The zero-order valence-electron chi connectivity index (χ0n) is 10.1. The first-order valence-electron chi connectivity index (χ1n) is 5.86. The summed E-state index contributed by atoms with van der Waals surface area (Å²) >= 11 is 0. The lowest BCUT2D eigenvalue weighted by Crippen LogP contribution is -2.37. The fourth-order valence-corrected chi connectivity index (χ4v) is 2.09. The highest BCUT2D eigenvalue weighted by molar-refractivity contribution is 5.85. The lowest BCUT2D eigenvalue weighted by molar-refractivity contribution is 0.122. The lowest BCUT2D eigenvalue weighted by atomic mass is 10.3. The number of anilines is 1. The molecule has 0 saturated carbocycles. The van der Waals surface area contributed by atoms with Crippen molar-refractivity contribution in [3.8, 4) is 0 Å². The van der Waals surface area contributed by atoms with Crippen molar-refractivity contribution in [2.45, 2.75) is 6.92 Å². The van der Waals surface area contributed by atoms with Crippen LogP contribution in [0.15, 0.2) is 12.3 Å². The fraction of sp³-hybridized carbons (Fsp3) is 0.417. The van der Waals surface area contributed by atoms with Gasteiger partial charge in [-0.05, 0) is 6.92 Å². The molecule has 1 aliphatic rings. The number of pyridine rings is 1. The highest BCUT2D eigenvalue weighted by atomic mass is 19.1. The highest BCUT2D eigenvalue weighted by Gasteiger charge is 2.17. The van der Waals surface area contributed by atoms with E-state index in [9.17, 15) is 4.39 Å². The van der Waals surface area contributed by atoms with Crippen LogP contribution in [0.4, 0.5) is 10.2 Å². The van der Waals surface area contributed by atoms with Gasteiger partial charge in [-0.2, -0.15) is 0 Å². The van der Waals surface area contributed by atoms with Crippen LogP contribution in [0, 0.1) is 12.7 Å². The number of rotatable bonds is 1. The summed E-state index contributed by atoms with van der Waals surface area (Å²) in [5.41, 5.74) is 1.19. The SMILES string of the molecule is Cc1nc(N2CCOCC2)c2ncc(F)cc2n1. The molecule has 0 spiro atoms. The van der Waals surface area contributed by atoms with Crippen molar-refractivity contribution in [3.05, 3.63) is 23.9 Å². The maximum atomic E-state index is 13.2. The maximum absolute atomic E-state index is 13.2. The van der Waals surface area contributed by atoms with Crippen LogP contribution in [0.1, 0.15) is 5.82 Å². The first-order chi connectivity index (χ1) is 8.74. The van der Waals surface area contributed by atoms with Crippen LogP contribution in [-0.4, -0.2) is 41.3 Å². The van der Waals surface area contributed by atoms with Crippen molar-refractivity contribution < 1.29 is 9.13 Å². The Balaban J connectivity index is 2.14. The number of halogens is 1. The number of aryl methyl sites for hydroxylation is 1. The van der Waals surface area contributed by atoms with Gasteiger partial charge < -0.3 is 9.64 Å². The zero-order valence-corrected chi connectivity index (χ0v) is 10.1. The van der Waals surface area contributed by atoms with Gasteiger partial charge in [0.2, 0.25) is 0 Å². The van der Waals surface area contributed by atoms with E-state index in [1.165, 1.54) is 12.3 Å². The Hall–Kier alpha value is -1.82. The first-order valence-corrected chi connectivity index (χ1v) is 5.86. The molecule has 0 aliphatic carbocycles. The van der Waals surface area contributed by atoms with Gasteiger partial charge in [0.05, 0.1) is 24.9 Å². The van der Waals surface area contributed by atoms with Crippen LogP contribution < -0.4 is 4.90 Å². The molecule has 0 unspecified atom stereocenters. The topological polar surface area (TPSA) is 51.1 Å². The Morgan fingerprint density at radius 2 is 2.06 bits per heavy atom.